The zero-order valence-corrected chi connectivity index (χ0v) is 16.4. The van der Waals surface area contributed by atoms with Crippen molar-refractivity contribution >= 4 is 26.3 Å². The van der Waals surface area contributed by atoms with E-state index in [-0.39, 0.29) is 5.56 Å². The van der Waals surface area contributed by atoms with E-state index in [1.165, 1.54) is 0 Å². The summed E-state index contributed by atoms with van der Waals surface area (Å²) in [6.45, 7) is 0. The molecule has 8 heteroatoms. The molecule has 0 spiro atoms. The number of nitrogens with one attached hydrogen (secondary N) is 1. The molecule has 0 fully saturated rings. The van der Waals surface area contributed by atoms with Gasteiger partial charge < -0.3 is 14.7 Å². The average molecular weight is 420 g/mol. The van der Waals surface area contributed by atoms with Crippen LogP contribution in [0.5, 0.6) is 11.5 Å². The van der Waals surface area contributed by atoms with E-state index in [9.17, 15) is 13.2 Å². The summed E-state index contributed by atoms with van der Waals surface area (Å²) in [5, 5.41) is 1.76. The normalized spacial score (nSPS) is 20.6. The first-order valence-corrected chi connectivity index (χ1v) is 10.9. The number of rotatable bonds is 3. The Kier molecular flexibility index (Phi) is 4.71. The molecule has 4 rings (SSSR count). The summed E-state index contributed by atoms with van der Waals surface area (Å²) in [7, 11) is -2.16. The van der Waals surface area contributed by atoms with Crippen LogP contribution in [0.3, 0.4) is 0 Å². The SMILES string of the molecule is C=S(C)(=N)Oc1ccc2c3c(ccc2c1)O[C@H](c1cc(F)c(F)cc1F)[C@@H](N)C3. The number of benzene rings is 3. The van der Waals surface area contributed by atoms with Gasteiger partial charge in [-0.05, 0) is 47.3 Å². The maximum Gasteiger partial charge on any atom is 0.161 e. The number of nitrogens with two attached hydrogens (primary N) is 1. The fourth-order valence-electron chi connectivity index (χ4n) is 3.55. The van der Waals surface area contributed by atoms with Gasteiger partial charge in [0.05, 0.1) is 6.04 Å². The zero-order valence-electron chi connectivity index (χ0n) is 15.5. The first-order chi connectivity index (χ1) is 13.6. The second kappa shape index (κ2) is 6.96. The molecular weight excluding hydrogens is 401 g/mol. The summed E-state index contributed by atoms with van der Waals surface area (Å²) in [5.74, 6) is 1.44. The van der Waals surface area contributed by atoms with E-state index in [0.29, 0.717) is 24.0 Å². The summed E-state index contributed by atoms with van der Waals surface area (Å²) in [4.78, 5) is 0. The number of fused-ring (bicyclic) bond motifs is 3. The Balaban J connectivity index is 1.73. The number of ether oxygens (including phenoxy) is 1. The van der Waals surface area contributed by atoms with Crippen molar-refractivity contribution in [3.8, 4) is 11.5 Å². The predicted molar refractivity (Wildman–Crippen MR) is 109 cm³/mol. The molecule has 29 heavy (non-hydrogen) atoms. The monoisotopic (exact) mass is 420 g/mol. The third-order valence-electron chi connectivity index (χ3n) is 4.77. The third kappa shape index (κ3) is 3.77. The Bertz CT molecular complexity index is 1230. The van der Waals surface area contributed by atoms with Gasteiger partial charge in [0.25, 0.3) is 0 Å². The molecule has 0 radical (unpaired) electrons. The molecule has 3 N–H and O–H groups in total. The highest BCUT2D eigenvalue weighted by Gasteiger charge is 2.32. The molecule has 0 bridgehead atoms. The molecule has 3 atom stereocenters. The van der Waals surface area contributed by atoms with Crippen LogP contribution >= 0.6 is 0 Å². The zero-order chi connectivity index (χ0) is 20.9. The van der Waals surface area contributed by atoms with Gasteiger partial charge in [0.2, 0.25) is 0 Å². The number of hydrogen-bond donors (Lipinski definition) is 2. The Hall–Kier alpha value is -2.71. The van der Waals surface area contributed by atoms with Gasteiger partial charge in [-0.2, -0.15) is 0 Å². The maximum atomic E-state index is 14.2. The van der Waals surface area contributed by atoms with Crippen molar-refractivity contribution in [1.29, 1.82) is 4.78 Å². The summed E-state index contributed by atoms with van der Waals surface area (Å²) < 4.78 is 60.4. The highest BCUT2D eigenvalue weighted by Crippen LogP contribution is 2.40. The lowest BCUT2D eigenvalue weighted by Crippen LogP contribution is -2.38. The summed E-state index contributed by atoms with van der Waals surface area (Å²) >= 11 is 0. The van der Waals surface area contributed by atoms with Crippen molar-refractivity contribution < 1.29 is 22.1 Å². The van der Waals surface area contributed by atoms with Crippen LogP contribution in [0, 0.1) is 22.2 Å². The van der Waals surface area contributed by atoms with Crippen molar-refractivity contribution in [2.24, 2.45) is 5.73 Å². The lowest BCUT2D eigenvalue weighted by molar-refractivity contribution is 0.149. The average Bonchev–Trinajstić information content (AvgIpc) is 2.63. The van der Waals surface area contributed by atoms with E-state index >= 15 is 0 Å². The van der Waals surface area contributed by atoms with Crippen LogP contribution < -0.4 is 14.7 Å². The van der Waals surface area contributed by atoms with Crippen molar-refractivity contribution in [3.63, 3.8) is 0 Å². The second-order valence-corrected chi connectivity index (χ2v) is 9.38. The molecule has 0 amide bonds. The molecule has 1 unspecified atom stereocenters. The van der Waals surface area contributed by atoms with Crippen molar-refractivity contribution in [2.75, 3.05) is 6.26 Å². The molecule has 0 saturated carbocycles. The van der Waals surface area contributed by atoms with E-state index in [1.807, 2.05) is 18.2 Å². The molecule has 0 aliphatic carbocycles. The number of halogens is 3. The van der Waals surface area contributed by atoms with Crippen molar-refractivity contribution in [3.05, 3.63) is 71.0 Å². The van der Waals surface area contributed by atoms with Gasteiger partial charge in [-0.25, -0.2) is 13.2 Å². The van der Waals surface area contributed by atoms with Gasteiger partial charge in [-0.1, -0.05) is 12.1 Å². The van der Waals surface area contributed by atoms with E-state index in [0.717, 1.165) is 22.4 Å². The molecule has 0 aromatic heterocycles. The van der Waals surface area contributed by atoms with E-state index < -0.39 is 39.3 Å². The molecule has 3 aromatic carbocycles. The lowest BCUT2D eigenvalue weighted by Gasteiger charge is -2.32. The van der Waals surface area contributed by atoms with Gasteiger partial charge in [0.15, 0.2) is 11.6 Å². The Morgan fingerprint density at radius 1 is 1.10 bits per heavy atom. The van der Waals surface area contributed by atoms with Crippen molar-refractivity contribution in [1.82, 2.24) is 0 Å². The third-order valence-corrected chi connectivity index (χ3v) is 5.33. The van der Waals surface area contributed by atoms with Crippen LogP contribution in [-0.2, 0) is 16.1 Å². The molecule has 1 aliphatic rings. The summed E-state index contributed by atoms with van der Waals surface area (Å²) in [6.07, 6.45) is 1.05. The highest BCUT2D eigenvalue weighted by atomic mass is 32.2. The standard InChI is InChI=1S/C21H19F3N2O2S/c1-29(2,26)28-12-4-5-13-11(7-12)3-6-20-14(13)9-19(25)21(27-20)15-8-17(23)18(24)10-16(15)22/h3-8,10,19,21,26H,1,9,25H2,2H3/t19-,21+,29?/m0/s1. The lowest BCUT2D eigenvalue weighted by atomic mass is 9.90. The largest absolute Gasteiger partial charge is 0.484 e. The molecule has 152 valence electrons. The molecule has 1 aliphatic heterocycles. The maximum absolute atomic E-state index is 14.2. The van der Waals surface area contributed by atoms with Crippen LogP contribution in [0.2, 0.25) is 0 Å². The molecule has 1 heterocycles. The van der Waals surface area contributed by atoms with Crippen LogP contribution in [0.15, 0.2) is 42.5 Å². The van der Waals surface area contributed by atoms with Gasteiger partial charge in [-0.15, -0.1) is 0 Å². The van der Waals surface area contributed by atoms with Gasteiger partial charge in [0, 0.05) is 33.1 Å². The topological polar surface area (TPSA) is 68.3 Å². The van der Waals surface area contributed by atoms with Crippen LogP contribution in [0.25, 0.3) is 10.8 Å². The Morgan fingerprint density at radius 2 is 1.83 bits per heavy atom. The minimum absolute atomic E-state index is 0.112. The summed E-state index contributed by atoms with van der Waals surface area (Å²) in [5.41, 5.74) is 6.96. The first-order valence-electron chi connectivity index (χ1n) is 8.80. The minimum Gasteiger partial charge on any atom is -0.484 e. The predicted octanol–water partition coefficient (Wildman–Crippen LogP) is 4.53. The fraction of sp³-hybridized carbons (Fsp3) is 0.190. The highest BCUT2D eigenvalue weighted by molar-refractivity contribution is 7.96. The molecule has 3 aromatic rings. The van der Waals surface area contributed by atoms with Gasteiger partial charge in [0.1, 0.15) is 23.4 Å². The Labute approximate surface area is 166 Å². The second-order valence-electron chi connectivity index (χ2n) is 7.21. The van der Waals surface area contributed by atoms with E-state index in [1.54, 1.807) is 18.4 Å². The molecule has 4 nitrogen and oxygen atoms in total. The van der Waals surface area contributed by atoms with Crippen LogP contribution in [0.4, 0.5) is 13.2 Å². The van der Waals surface area contributed by atoms with Crippen molar-refractivity contribution in [2.45, 2.75) is 18.6 Å². The van der Waals surface area contributed by atoms with Gasteiger partial charge >= 0.3 is 0 Å². The summed E-state index contributed by atoms with van der Waals surface area (Å²) in [6, 6.07) is 9.61. The van der Waals surface area contributed by atoms with E-state index in [4.69, 9.17) is 19.4 Å². The smallest absolute Gasteiger partial charge is 0.161 e. The quantitative estimate of drug-likeness (QED) is 0.483. The minimum atomic E-state index is -2.16. The fourth-order valence-corrected chi connectivity index (χ4v) is 4.08. The first kappa shape index (κ1) is 19.6. The van der Waals surface area contributed by atoms with E-state index in [2.05, 4.69) is 5.87 Å². The van der Waals surface area contributed by atoms with Gasteiger partial charge in [-0.3, -0.25) is 4.78 Å². The molecular formula is C21H19F3N2O2S. The van der Waals surface area contributed by atoms with Crippen LogP contribution in [0.1, 0.15) is 17.2 Å². The number of hydrogen-bond acceptors (Lipinski definition) is 4. The Morgan fingerprint density at radius 3 is 2.55 bits per heavy atom. The molecule has 0 saturated heterocycles. The van der Waals surface area contributed by atoms with Crippen LogP contribution in [-0.4, -0.2) is 18.2 Å².